The molecule has 0 aromatic heterocycles. The summed E-state index contributed by atoms with van der Waals surface area (Å²) in [5.41, 5.74) is 7.00. The van der Waals surface area contributed by atoms with Gasteiger partial charge < -0.3 is 10.6 Å². The van der Waals surface area contributed by atoms with Crippen molar-refractivity contribution in [1.82, 2.24) is 0 Å². The van der Waals surface area contributed by atoms with Crippen molar-refractivity contribution in [3.63, 3.8) is 0 Å². The van der Waals surface area contributed by atoms with Crippen LogP contribution in [0.5, 0.6) is 0 Å². The third-order valence-corrected chi connectivity index (χ3v) is 3.09. The molecule has 0 spiro atoms. The van der Waals surface area contributed by atoms with Crippen molar-refractivity contribution in [2.75, 3.05) is 18.5 Å². The Kier molecular flexibility index (Phi) is 4.87. The van der Waals surface area contributed by atoms with E-state index in [0.717, 1.165) is 5.69 Å². The number of nitrogens with two attached hydrogens (primary N) is 1. The van der Waals surface area contributed by atoms with Gasteiger partial charge in [0.2, 0.25) is 5.91 Å². The molecule has 18 heavy (non-hydrogen) atoms. The first-order chi connectivity index (χ1) is 8.51. The minimum atomic E-state index is -0.175. The average Bonchev–Trinajstić information content (AvgIpc) is 2.38. The smallest absolute Gasteiger partial charge is 0.231 e. The molecule has 0 aliphatic heterocycles. The molecule has 96 valence electrons. The molecule has 0 heterocycles. The van der Waals surface area contributed by atoms with Crippen molar-refractivity contribution < 1.29 is 4.79 Å². The van der Waals surface area contributed by atoms with Gasteiger partial charge in [0.05, 0.1) is 17.6 Å². The standard InChI is InChI=1S/C14H19N3O/c1-10(2)13(9-16)14(18)17(3)12-6-4-11(8-15)5-7-12/h4-7,10,13H,9,16H2,1-3H3. The summed E-state index contributed by atoms with van der Waals surface area (Å²) in [6.07, 6.45) is 0. The van der Waals surface area contributed by atoms with Crippen molar-refractivity contribution in [3.05, 3.63) is 29.8 Å². The van der Waals surface area contributed by atoms with Crippen LogP contribution in [-0.4, -0.2) is 19.5 Å². The minimum Gasteiger partial charge on any atom is -0.330 e. The van der Waals surface area contributed by atoms with Crippen LogP contribution < -0.4 is 10.6 Å². The predicted octanol–water partition coefficient (Wildman–Crippen LogP) is 1.75. The molecule has 0 aliphatic rings. The molecule has 1 amide bonds. The molecule has 1 aromatic carbocycles. The maximum atomic E-state index is 12.3. The molecule has 1 rings (SSSR count). The highest BCUT2D eigenvalue weighted by atomic mass is 16.2. The van der Waals surface area contributed by atoms with E-state index in [4.69, 9.17) is 11.0 Å². The molecule has 1 unspecified atom stereocenters. The van der Waals surface area contributed by atoms with E-state index in [0.29, 0.717) is 12.1 Å². The topological polar surface area (TPSA) is 70.1 Å². The average molecular weight is 245 g/mol. The van der Waals surface area contributed by atoms with Crippen LogP contribution in [0.1, 0.15) is 19.4 Å². The van der Waals surface area contributed by atoms with E-state index in [1.54, 1.807) is 36.2 Å². The summed E-state index contributed by atoms with van der Waals surface area (Å²) in [5, 5.41) is 8.73. The first-order valence-corrected chi connectivity index (χ1v) is 5.99. The van der Waals surface area contributed by atoms with Crippen LogP contribution in [0.3, 0.4) is 0 Å². The van der Waals surface area contributed by atoms with Gasteiger partial charge in [0.25, 0.3) is 0 Å². The van der Waals surface area contributed by atoms with Crippen LogP contribution in [-0.2, 0) is 4.79 Å². The Morgan fingerprint density at radius 2 is 1.94 bits per heavy atom. The zero-order valence-corrected chi connectivity index (χ0v) is 11.1. The largest absolute Gasteiger partial charge is 0.330 e. The van der Waals surface area contributed by atoms with E-state index < -0.39 is 0 Å². The lowest BCUT2D eigenvalue weighted by Crippen LogP contribution is -2.39. The van der Waals surface area contributed by atoms with Crippen LogP contribution in [0.25, 0.3) is 0 Å². The van der Waals surface area contributed by atoms with Gasteiger partial charge in [-0.05, 0) is 30.2 Å². The van der Waals surface area contributed by atoms with Gasteiger partial charge in [-0.1, -0.05) is 13.8 Å². The maximum absolute atomic E-state index is 12.3. The highest BCUT2D eigenvalue weighted by Gasteiger charge is 2.24. The van der Waals surface area contributed by atoms with Gasteiger partial charge in [0.1, 0.15) is 0 Å². The van der Waals surface area contributed by atoms with E-state index in [1.165, 1.54) is 0 Å². The number of nitrogens with zero attached hydrogens (tertiary/aromatic N) is 2. The second-order valence-corrected chi connectivity index (χ2v) is 4.64. The van der Waals surface area contributed by atoms with E-state index in [-0.39, 0.29) is 17.7 Å². The maximum Gasteiger partial charge on any atom is 0.231 e. The van der Waals surface area contributed by atoms with E-state index in [9.17, 15) is 4.79 Å². The first-order valence-electron chi connectivity index (χ1n) is 5.99. The summed E-state index contributed by atoms with van der Waals surface area (Å²) < 4.78 is 0. The zero-order chi connectivity index (χ0) is 13.7. The minimum absolute atomic E-state index is 0.0113. The number of carbonyl (C=O) groups excluding carboxylic acids is 1. The molecular weight excluding hydrogens is 226 g/mol. The fraction of sp³-hybridized carbons (Fsp3) is 0.429. The molecule has 2 N–H and O–H groups in total. The first kappa shape index (κ1) is 14.2. The summed E-state index contributed by atoms with van der Waals surface area (Å²) in [4.78, 5) is 13.8. The van der Waals surface area contributed by atoms with Gasteiger partial charge in [-0.3, -0.25) is 4.79 Å². The Balaban J connectivity index is 2.89. The number of benzene rings is 1. The van der Waals surface area contributed by atoms with Crippen molar-refractivity contribution in [2.45, 2.75) is 13.8 Å². The number of hydrogen-bond donors (Lipinski definition) is 1. The molecule has 0 bridgehead atoms. The van der Waals surface area contributed by atoms with Gasteiger partial charge >= 0.3 is 0 Å². The molecular formula is C14H19N3O. The van der Waals surface area contributed by atoms with Crippen LogP contribution in [0.4, 0.5) is 5.69 Å². The quantitative estimate of drug-likeness (QED) is 0.878. The summed E-state index contributed by atoms with van der Waals surface area (Å²) >= 11 is 0. The molecule has 4 heteroatoms. The second-order valence-electron chi connectivity index (χ2n) is 4.64. The lowest BCUT2D eigenvalue weighted by molar-refractivity contribution is -0.123. The Morgan fingerprint density at radius 1 is 1.39 bits per heavy atom. The number of carbonyl (C=O) groups is 1. The van der Waals surface area contributed by atoms with Gasteiger partial charge in [-0.2, -0.15) is 5.26 Å². The van der Waals surface area contributed by atoms with Gasteiger partial charge in [-0.15, -0.1) is 0 Å². The zero-order valence-electron chi connectivity index (χ0n) is 11.1. The van der Waals surface area contributed by atoms with Crippen molar-refractivity contribution in [1.29, 1.82) is 5.26 Å². The molecule has 1 aromatic rings. The summed E-state index contributed by atoms with van der Waals surface area (Å²) in [5.74, 6) is 0.0474. The van der Waals surface area contributed by atoms with E-state index in [2.05, 4.69) is 6.07 Å². The molecule has 4 nitrogen and oxygen atoms in total. The number of anilines is 1. The Labute approximate surface area is 108 Å². The van der Waals surface area contributed by atoms with E-state index in [1.807, 2.05) is 13.8 Å². The van der Waals surface area contributed by atoms with Gasteiger partial charge in [0, 0.05) is 19.3 Å². The molecule has 0 saturated carbocycles. The fourth-order valence-corrected chi connectivity index (χ4v) is 1.79. The van der Waals surface area contributed by atoms with Gasteiger partial charge in [0.15, 0.2) is 0 Å². The summed E-state index contributed by atoms with van der Waals surface area (Å²) in [6, 6.07) is 8.99. The van der Waals surface area contributed by atoms with Crippen LogP contribution >= 0.6 is 0 Å². The molecule has 0 saturated heterocycles. The van der Waals surface area contributed by atoms with Crippen molar-refractivity contribution in [3.8, 4) is 6.07 Å². The lowest BCUT2D eigenvalue weighted by atomic mass is 9.94. The third-order valence-electron chi connectivity index (χ3n) is 3.09. The normalized spacial score (nSPS) is 12.0. The summed E-state index contributed by atoms with van der Waals surface area (Å²) in [6.45, 7) is 4.32. The summed E-state index contributed by atoms with van der Waals surface area (Å²) in [7, 11) is 1.73. The van der Waals surface area contributed by atoms with Crippen molar-refractivity contribution in [2.24, 2.45) is 17.6 Å². The Hall–Kier alpha value is -1.86. The predicted molar refractivity (Wildman–Crippen MR) is 71.9 cm³/mol. The number of rotatable bonds is 4. The monoisotopic (exact) mass is 245 g/mol. The van der Waals surface area contributed by atoms with Crippen LogP contribution in [0, 0.1) is 23.2 Å². The molecule has 1 atom stereocenters. The molecule has 0 aliphatic carbocycles. The SMILES string of the molecule is CC(C)C(CN)C(=O)N(C)c1ccc(C#N)cc1. The number of amides is 1. The Morgan fingerprint density at radius 3 is 2.33 bits per heavy atom. The fourth-order valence-electron chi connectivity index (χ4n) is 1.79. The van der Waals surface area contributed by atoms with Crippen molar-refractivity contribution >= 4 is 11.6 Å². The highest BCUT2D eigenvalue weighted by Crippen LogP contribution is 2.19. The Bertz CT molecular complexity index is 445. The number of hydrogen-bond acceptors (Lipinski definition) is 3. The number of nitriles is 1. The highest BCUT2D eigenvalue weighted by molar-refractivity contribution is 5.94. The lowest BCUT2D eigenvalue weighted by Gasteiger charge is -2.25. The van der Waals surface area contributed by atoms with Crippen LogP contribution in [0.15, 0.2) is 24.3 Å². The second kappa shape index (κ2) is 6.18. The van der Waals surface area contributed by atoms with Gasteiger partial charge in [-0.25, -0.2) is 0 Å². The molecule has 0 radical (unpaired) electrons. The molecule has 0 fully saturated rings. The van der Waals surface area contributed by atoms with E-state index >= 15 is 0 Å². The third kappa shape index (κ3) is 3.08. The van der Waals surface area contributed by atoms with Crippen LogP contribution in [0.2, 0.25) is 0 Å².